The lowest BCUT2D eigenvalue weighted by molar-refractivity contribution is 0.241. The van der Waals surface area contributed by atoms with Crippen LogP contribution in [0.4, 0.5) is 4.79 Å². The van der Waals surface area contributed by atoms with Gasteiger partial charge in [-0.3, -0.25) is 0 Å². The third-order valence-electron chi connectivity index (χ3n) is 5.47. The molecule has 1 N–H and O–H groups in total. The summed E-state index contributed by atoms with van der Waals surface area (Å²) in [4.78, 5) is 25.2. The lowest BCUT2D eigenvalue weighted by atomic mass is 10.0. The molecular weight excluding hydrogens is 404 g/mol. The van der Waals surface area contributed by atoms with E-state index in [0.29, 0.717) is 17.6 Å². The van der Waals surface area contributed by atoms with Crippen LogP contribution in [-0.4, -0.2) is 24.3 Å². The van der Waals surface area contributed by atoms with Crippen molar-refractivity contribution in [2.75, 3.05) is 13.7 Å². The van der Waals surface area contributed by atoms with E-state index >= 15 is 0 Å². The molecule has 3 aromatic carbocycles. The van der Waals surface area contributed by atoms with Crippen LogP contribution in [0.3, 0.4) is 0 Å². The maximum atomic E-state index is 12.7. The molecule has 1 heterocycles. The van der Waals surface area contributed by atoms with E-state index in [1.54, 1.807) is 13.2 Å². The minimum atomic E-state index is -0.692. The number of amides is 1. The van der Waals surface area contributed by atoms with Crippen molar-refractivity contribution in [1.82, 2.24) is 9.88 Å². The number of methoxy groups -OCH3 is 1. The highest BCUT2D eigenvalue weighted by atomic mass is 16.5. The number of rotatable bonds is 8. The quantitative estimate of drug-likeness (QED) is 0.388. The Morgan fingerprint density at radius 3 is 2.47 bits per heavy atom. The number of hydrogen-bond acceptors (Lipinski definition) is 4. The molecule has 0 radical (unpaired) electrons. The first-order chi connectivity index (χ1) is 15.7. The number of nitrogens with one attached hydrogen (secondary N) is 1. The van der Waals surface area contributed by atoms with Gasteiger partial charge in [-0.25, -0.2) is 9.59 Å². The molecule has 0 aliphatic heterocycles. The highest BCUT2D eigenvalue weighted by molar-refractivity contribution is 5.95. The fraction of sp³-hybridized carbons (Fsp3) is 0.231. The first-order valence-electron chi connectivity index (χ1n) is 10.8. The van der Waals surface area contributed by atoms with Crippen molar-refractivity contribution < 1.29 is 13.9 Å². The van der Waals surface area contributed by atoms with Gasteiger partial charge in [-0.1, -0.05) is 61.0 Å². The Labute approximate surface area is 186 Å². The number of carbonyl (C=O) groups is 1. The zero-order valence-electron chi connectivity index (χ0n) is 18.0. The van der Waals surface area contributed by atoms with Gasteiger partial charge < -0.3 is 14.5 Å². The number of carbonyl (C=O) groups excluding carboxylic acids is 1. The van der Waals surface area contributed by atoms with Gasteiger partial charge in [0.15, 0.2) is 5.58 Å². The second-order valence-electron chi connectivity index (χ2n) is 7.61. The molecule has 4 rings (SSSR count). The summed E-state index contributed by atoms with van der Waals surface area (Å²) in [5.74, 6) is 0.0469. The monoisotopic (exact) mass is 430 g/mol. The molecule has 0 saturated carbocycles. The summed E-state index contributed by atoms with van der Waals surface area (Å²) < 4.78 is 11.7. The van der Waals surface area contributed by atoms with Crippen LogP contribution in [0.25, 0.3) is 22.2 Å². The number of para-hydroxylation sites is 1. The molecule has 0 saturated heterocycles. The number of unbranched alkanes of at least 4 members (excludes halogenated alkanes) is 2. The van der Waals surface area contributed by atoms with Crippen molar-refractivity contribution in [2.45, 2.75) is 25.7 Å². The molecule has 32 heavy (non-hydrogen) atoms. The van der Waals surface area contributed by atoms with Crippen molar-refractivity contribution in [3.63, 3.8) is 0 Å². The van der Waals surface area contributed by atoms with E-state index in [1.807, 2.05) is 54.6 Å². The second kappa shape index (κ2) is 10.0. The molecule has 164 valence electrons. The second-order valence-corrected chi connectivity index (χ2v) is 7.61. The van der Waals surface area contributed by atoms with Gasteiger partial charge in [0.1, 0.15) is 11.3 Å². The van der Waals surface area contributed by atoms with Gasteiger partial charge in [-0.05, 0) is 48.6 Å². The molecule has 0 aliphatic rings. The van der Waals surface area contributed by atoms with Crippen LogP contribution in [0.1, 0.15) is 24.8 Å². The summed E-state index contributed by atoms with van der Waals surface area (Å²) in [7, 11) is 1.61. The third-order valence-corrected chi connectivity index (χ3v) is 5.47. The van der Waals surface area contributed by atoms with Crippen LogP contribution in [0.15, 0.2) is 82.0 Å². The molecule has 0 fully saturated rings. The summed E-state index contributed by atoms with van der Waals surface area (Å²) in [5.41, 5.74) is 3.78. The Morgan fingerprint density at radius 2 is 1.72 bits per heavy atom. The summed E-state index contributed by atoms with van der Waals surface area (Å²) in [6.45, 7) is 0.505. The van der Waals surface area contributed by atoms with Crippen LogP contribution in [-0.2, 0) is 6.42 Å². The molecule has 0 aliphatic carbocycles. The minimum absolute atomic E-state index is 0.390. The number of aryl methyl sites for hydroxylation is 1. The van der Waals surface area contributed by atoms with Crippen molar-refractivity contribution in [3.05, 3.63) is 88.9 Å². The normalized spacial score (nSPS) is 10.9. The number of fused-ring (bicyclic) bond motifs is 1. The molecule has 4 aromatic rings. The SMILES string of the molecule is COc1ccc(-c2cccc3c2oc(=O)n3C(=O)NCCCCCc2ccccc2)cc1. The predicted molar refractivity (Wildman–Crippen MR) is 125 cm³/mol. The van der Waals surface area contributed by atoms with E-state index in [4.69, 9.17) is 9.15 Å². The van der Waals surface area contributed by atoms with E-state index in [1.165, 1.54) is 5.56 Å². The highest BCUT2D eigenvalue weighted by Crippen LogP contribution is 2.29. The van der Waals surface area contributed by atoms with Gasteiger partial charge in [-0.15, -0.1) is 0 Å². The number of nitrogens with zero attached hydrogens (tertiary/aromatic N) is 1. The van der Waals surface area contributed by atoms with Crippen LogP contribution < -0.4 is 15.8 Å². The number of oxazole rings is 1. The summed E-state index contributed by atoms with van der Waals surface area (Å²) in [6.07, 6.45) is 3.92. The fourth-order valence-corrected chi connectivity index (χ4v) is 3.78. The predicted octanol–water partition coefficient (Wildman–Crippen LogP) is 5.24. The molecule has 0 bridgehead atoms. The van der Waals surface area contributed by atoms with Gasteiger partial charge in [0, 0.05) is 12.1 Å². The van der Waals surface area contributed by atoms with Crippen LogP contribution in [0, 0.1) is 0 Å². The van der Waals surface area contributed by atoms with Crippen molar-refractivity contribution >= 4 is 17.1 Å². The van der Waals surface area contributed by atoms with Crippen LogP contribution in [0.2, 0.25) is 0 Å². The van der Waals surface area contributed by atoms with E-state index in [-0.39, 0.29) is 0 Å². The summed E-state index contributed by atoms with van der Waals surface area (Å²) in [5, 5.41) is 2.84. The summed E-state index contributed by atoms with van der Waals surface area (Å²) in [6, 6.07) is 22.7. The van der Waals surface area contributed by atoms with Crippen molar-refractivity contribution in [2.24, 2.45) is 0 Å². The van der Waals surface area contributed by atoms with Gasteiger partial charge >= 0.3 is 11.8 Å². The molecule has 1 amide bonds. The minimum Gasteiger partial charge on any atom is -0.497 e. The molecule has 0 unspecified atom stereocenters. The fourth-order valence-electron chi connectivity index (χ4n) is 3.78. The van der Waals surface area contributed by atoms with Crippen molar-refractivity contribution in [3.8, 4) is 16.9 Å². The standard InChI is InChI=1S/C26H26N2O4/c1-31-21-16-14-20(15-17-21)22-12-8-13-23-24(22)32-26(30)28(23)25(29)27-18-7-3-6-11-19-9-4-2-5-10-19/h2,4-5,8-10,12-17H,3,6-7,11,18H2,1H3,(H,27,29). The summed E-state index contributed by atoms with van der Waals surface area (Å²) >= 11 is 0. The maximum absolute atomic E-state index is 12.7. The molecule has 1 aromatic heterocycles. The first kappa shape index (κ1) is 21.4. The zero-order valence-corrected chi connectivity index (χ0v) is 18.0. The third kappa shape index (κ3) is 4.75. The van der Waals surface area contributed by atoms with Gasteiger partial charge in [0.25, 0.3) is 0 Å². The average Bonchev–Trinajstić information content (AvgIpc) is 3.17. The molecule has 6 nitrogen and oxygen atoms in total. The molecule has 0 atom stereocenters. The number of aromatic nitrogens is 1. The molecular formula is C26H26N2O4. The van der Waals surface area contributed by atoms with Gasteiger partial charge in [-0.2, -0.15) is 4.57 Å². The van der Waals surface area contributed by atoms with Crippen LogP contribution >= 0.6 is 0 Å². The maximum Gasteiger partial charge on any atom is 0.428 e. The Bertz CT molecular complexity index is 1240. The Balaban J connectivity index is 1.40. The lowest BCUT2D eigenvalue weighted by Crippen LogP contribution is -2.34. The Morgan fingerprint density at radius 1 is 0.938 bits per heavy atom. The van der Waals surface area contributed by atoms with Gasteiger partial charge in [0.05, 0.1) is 7.11 Å². The lowest BCUT2D eigenvalue weighted by Gasteiger charge is -2.07. The Kier molecular flexibility index (Phi) is 6.70. The average molecular weight is 431 g/mol. The molecule has 6 heteroatoms. The first-order valence-corrected chi connectivity index (χ1v) is 10.8. The van der Waals surface area contributed by atoms with E-state index < -0.39 is 11.8 Å². The number of benzene rings is 3. The molecule has 0 spiro atoms. The van der Waals surface area contributed by atoms with Crippen LogP contribution in [0.5, 0.6) is 5.75 Å². The smallest absolute Gasteiger partial charge is 0.428 e. The van der Waals surface area contributed by atoms with E-state index in [0.717, 1.165) is 47.1 Å². The van der Waals surface area contributed by atoms with E-state index in [2.05, 4.69) is 17.4 Å². The zero-order chi connectivity index (χ0) is 22.3. The van der Waals surface area contributed by atoms with Crippen molar-refractivity contribution in [1.29, 1.82) is 0 Å². The number of ether oxygens (including phenoxy) is 1. The van der Waals surface area contributed by atoms with E-state index in [9.17, 15) is 9.59 Å². The number of hydrogen-bond donors (Lipinski definition) is 1. The highest BCUT2D eigenvalue weighted by Gasteiger charge is 2.18. The Hall–Kier alpha value is -3.80. The topological polar surface area (TPSA) is 73.5 Å². The van der Waals surface area contributed by atoms with Gasteiger partial charge in [0.2, 0.25) is 0 Å². The largest absolute Gasteiger partial charge is 0.497 e.